The Morgan fingerprint density at radius 1 is 1.24 bits per heavy atom. The maximum absolute atomic E-state index is 12.8. The van der Waals surface area contributed by atoms with E-state index >= 15 is 0 Å². The molecule has 3 fully saturated rings. The Morgan fingerprint density at radius 2 is 1.97 bits per heavy atom. The second-order valence-corrected chi connectivity index (χ2v) is 9.46. The van der Waals surface area contributed by atoms with Gasteiger partial charge < -0.3 is 19.5 Å². The highest BCUT2D eigenvalue weighted by Crippen LogP contribution is 2.57. The van der Waals surface area contributed by atoms with E-state index in [4.69, 9.17) is 9.47 Å². The van der Waals surface area contributed by atoms with E-state index in [0.29, 0.717) is 45.8 Å². The first-order valence-corrected chi connectivity index (χ1v) is 11.1. The minimum atomic E-state index is -1.12. The van der Waals surface area contributed by atoms with Gasteiger partial charge in [0, 0.05) is 32.7 Å². The lowest BCUT2D eigenvalue weighted by Crippen LogP contribution is -2.57. The number of allylic oxidation sites excluding steroid dienone is 1. The smallest absolute Gasteiger partial charge is 0.409 e. The molecule has 1 N–H and O–H groups in total. The molecule has 0 bridgehead atoms. The van der Waals surface area contributed by atoms with Gasteiger partial charge in [0.25, 0.3) is 0 Å². The number of ether oxygens (including phenoxy) is 2. The average molecular weight is 407 g/mol. The number of esters is 1. The van der Waals surface area contributed by atoms with Crippen LogP contribution in [-0.2, 0) is 14.3 Å². The van der Waals surface area contributed by atoms with Gasteiger partial charge in [0.15, 0.2) is 6.10 Å². The van der Waals surface area contributed by atoms with E-state index in [9.17, 15) is 14.7 Å². The van der Waals surface area contributed by atoms with Crippen LogP contribution >= 0.6 is 0 Å². The Kier molecular flexibility index (Phi) is 5.40. The standard InChI is InChI=1S/C22H34N2O5/c1-4-28-20(26)24-12-10-23(11-13-24)14-16-19(25)29-18-17-15(2)6-5-7-21(17,3)8-9-22(16,18)27/h16,18,27H,4-14H2,1-3H3/t16?,18-,21+,22?/m0/s1. The van der Waals surface area contributed by atoms with Gasteiger partial charge in [0.1, 0.15) is 11.5 Å². The van der Waals surface area contributed by atoms with Crippen molar-refractivity contribution in [2.45, 2.75) is 64.6 Å². The molecule has 4 atom stereocenters. The van der Waals surface area contributed by atoms with E-state index in [1.165, 1.54) is 17.6 Å². The van der Waals surface area contributed by atoms with Crippen LogP contribution in [-0.4, -0.2) is 78.0 Å². The van der Waals surface area contributed by atoms with E-state index < -0.39 is 17.6 Å². The zero-order valence-corrected chi connectivity index (χ0v) is 17.9. The quantitative estimate of drug-likeness (QED) is 0.572. The predicted molar refractivity (Wildman–Crippen MR) is 107 cm³/mol. The average Bonchev–Trinajstić information content (AvgIpc) is 2.93. The molecule has 29 heavy (non-hydrogen) atoms. The molecule has 7 nitrogen and oxygen atoms in total. The van der Waals surface area contributed by atoms with Gasteiger partial charge in [-0.1, -0.05) is 12.5 Å². The molecule has 0 aromatic carbocycles. The third-order valence-corrected chi connectivity index (χ3v) is 7.64. The summed E-state index contributed by atoms with van der Waals surface area (Å²) < 4.78 is 10.9. The molecule has 1 amide bonds. The zero-order chi connectivity index (χ0) is 20.8. The molecule has 1 saturated carbocycles. The molecule has 2 aliphatic carbocycles. The fourth-order valence-corrected chi connectivity index (χ4v) is 5.92. The van der Waals surface area contributed by atoms with Gasteiger partial charge in [0.2, 0.25) is 0 Å². The molecule has 0 aromatic heterocycles. The van der Waals surface area contributed by atoms with Crippen molar-refractivity contribution >= 4 is 12.1 Å². The Balaban J connectivity index is 1.46. The van der Waals surface area contributed by atoms with Crippen LogP contribution in [0.3, 0.4) is 0 Å². The highest BCUT2D eigenvalue weighted by molar-refractivity contribution is 5.78. The fourth-order valence-electron chi connectivity index (χ4n) is 5.92. The van der Waals surface area contributed by atoms with Gasteiger partial charge in [-0.05, 0) is 56.9 Å². The molecule has 2 saturated heterocycles. The van der Waals surface area contributed by atoms with Crippen LogP contribution in [0.2, 0.25) is 0 Å². The predicted octanol–water partition coefficient (Wildman–Crippen LogP) is 2.33. The van der Waals surface area contributed by atoms with Crippen LogP contribution in [0.1, 0.15) is 52.9 Å². The molecule has 4 rings (SSSR count). The van der Waals surface area contributed by atoms with Crippen molar-refractivity contribution < 1.29 is 24.2 Å². The summed E-state index contributed by atoms with van der Waals surface area (Å²) in [7, 11) is 0. The number of hydrogen-bond acceptors (Lipinski definition) is 6. The van der Waals surface area contributed by atoms with Crippen LogP contribution < -0.4 is 0 Å². The number of rotatable bonds is 3. The summed E-state index contributed by atoms with van der Waals surface area (Å²) >= 11 is 0. The fraction of sp³-hybridized carbons (Fsp3) is 0.818. The summed E-state index contributed by atoms with van der Waals surface area (Å²) in [6.07, 6.45) is 4.01. The second-order valence-electron chi connectivity index (χ2n) is 9.46. The molecule has 2 heterocycles. The molecule has 0 spiro atoms. The molecule has 2 unspecified atom stereocenters. The maximum atomic E-state index is 12.8. The first-order chi connectivity index (χ1) is 13.8. The number of aliphatic hydroxyl groups is 1. The number of carbonyl (C=O) groups excluding carboxylic acids is 2. The van der Waals surface area contributed by atoms with Gasteiger partial charge in [-0.25, -0.2) is 4.79 Å². The van der Waals surface area contributed by atoms with Crippen molar-refractivity contribution in [3.63, 3.8) is 0 Å². The Hall–Kier alpha value is -1.60. The molecular formula is C22H34N2O5. The first kappa shape index (κ1) is 20.7. The molecule has 0 aromatic rings. The van der Waals surface area contributed by atoms with E-state index in [0.717, 1.165) is 19.3 Å². The number of hydrogen-bond donors (Lipinski definition) is 1. The normalized spacial score (nSPS) is 37.8. The summed E-state index contributed by atoms with van der Waals surface area (Å²) in [6.45, 7) is 9.53. The van der Waals surface area contributed by atoms with Gasteiger partial charge in [0.05, 0.1) is 6.61 Å². The van der Waals surface area contributed by atoms with Crippen LogP contribution in [0.25, 0.3) is 0 Å². The number of piperazine rings is 1. The maximum Gasteiger partial charge on any atom is 0.409 e. The molecule has 7 heteroatoms. The summed E-state index contributed by atoms with van der Waals surface area (Å²) in [5.74, 6) is -0.811. The topological polar surface area (TPSA) is 79.3 Å². The summed E-state index contributed by atoms with van der Waals surface area (Å²) in [5.41, 5.74) is 1.39. The van der Waals surface area contributed by atoms with Crippen LogP contribution in [0.4, 0.5) is 4.79 Å². The van der Waals surface area contributed by atoms with Crippen molar-refractivity contribution in [3.8, 4) is 0 Å². The summed E-state index contributed by atoms with van der Waals surface area (Å²) in [4.78, 5) is 28.6. The monoisotopic (exact) mass is 406 g/mol. The Morgan fingerprint density at radius 3 is 2.66 bits per heavy atom. The van der Waals surface area contributed by atoms with Gasteiger partial charge in [-0.2, -0.15) is 0 Å². The highest BCUT2D eigenvalue weighted by atomic mass is 16.6. The van der Waals surface area contributed by atoms with Crippen molar-refractivity contribution in [2.75, 3.05) is 39.3 Å². The van der Waals surface area contributed by atoms with Crippen LogP contribution in [0.15, 0.2) is 11.1 Å². The Labute approximate surface area is 173 Å². The van der Waals surface area contributed by atoms with Crippen molar-refractivity contribution in [1.82, 2.24) is 9.80 Å². The van der Waals surface area contributed by atoms with Crippen LogP contribution in [0.5, 0.6) is 0 Å². The van der Waals surface area contributed by atoms with Crippen molar-refractivity contribution in [3.05, 3.63) is 11.1 Å². The van der Waals surface area contributed by atoms with E-state index in [1.807, 2.05) is 0 Å². The molecule has 162 valence electrons. The number of nitrogens with zero attached hydrogens (tertiary/aromatic N) is 2. The van der Waals surface area contributed by atoms with Crippen molar-refractivity contribution in [2.24, 2.45) is 11.3 Å². The number of carbonyl (C=O) groups is 2. The first-order valence-electron chi connectivity index (χ1n) is 11.1. The minimum Gasteiger partial charge on any atom is -0.454 e. The van der Waals surface area contributed by atoms with E-state index in [2.05, 4.69) is 18.7 Å². The SMILES string of the molecule is CCOC(=O)N1CCN(CC2C(=O)O[C@H]3C4=C(C)CCC[C@]4(C)CCC23O)CC1. The molecule has 2 aliphatic heterocycles. The molecular weight excluding hydrogens is 372 g/mol. The summed E-state index contributed by atoms with van der Waals surface area (Å²) in [5, 5.41) is 11.7. The van der Waals surface area contributed by atoms with Gasteiger partial charge in [-0.15, -0.1) is 0 Å². The lowest BCUT2D eigenvalue weighted by molar-refractivity contribution is -0.144. The molecule has 0 radical (unpaired) electrons. The lowest BCUT2D eigenvalue weighted by atomic mass is 9.58. The second kappa shape index (κ2) is 7.58. The molecule has 4 aliphatic rings. The third kappa shape index (κ3) is 3.46. The Bertz CT molecular complexity index is 714. The van der Waals surface area contributed by atoms with Gasteiger partial charge >= 0.3 is 12.1 Å². The highest BCUT2D eigenvalue weighted by Gasteiger charge is 2.63. The number of amides is 1. The largest absolute Gasteiger partial charge is 0.454 e. The lowest BCUT2D eigenvalue weighted by Gasteiger charge is -2.49. The van der Waals surface area contributed by atoms with E-state index in [-0.39, 0.29) is 17.5 Å². The number of fused-ring (bicyclic) bond motifs is 3. The zero-order valence-electron chi connectivity index (χ0n) is 17.9. The van der Waals surface area contributed by atoms with Gasteiger partial charge in [-0.3, -0.25) is 9.69 Å². The van der Waals surface area contributed by atoms with Crippen LogP contribution in [0, 0.1) is 11.3 Å². The van der Waals surface area contributed by atoms with E-state index in [1.54, 1.807) is 11.8 Å². The van der Waals surface area contributed by atoms with Crippen molar-refractivity contribution in [1.29, 1.82) is 0 Å². The summed E-state index contributed by atoms with van der Waals surface area (Å²) in [6, 6.07) is 0. The third-order valence-electron chi connectivity index (χ3n) is 7.64. The minimum absolute atomic E-state index is 0.0413.